The van der Waals surface area contributed by atoms with Gasteiger partial charge in [-0.15, -0.1) is 0 Å². The van der Waals surface area contributed by atoms with Crippen LogP contribution in [0.25, 0.3) is 0 Å². The van der Waals surface area contributed by atoms with Crippen molar-refractivity contribution in [3.63, 3.8) is 0 Å². The summed E-state index contributed by atoms with van der Waals surface area (Å²) >= 11 is 0. The first-order chi connectivity index (χ1) is 8.66. The molecule has 0 bridgehead atoms. The van der Waals surface area contributed by atoms with Crippen LogP contribution >= 0.6 is 0 Å². The van der Waals surface area contributed by atoms with Crippen LogP contribution in [0.5, 0.6) is 0 Å². The molecular weight excluding hydrogens is 234 g/mol. The molecule has 0 aliphatic carbocycles. The van der Waals surface area contributed by atoms with Crippen LogP contribution in [0.2, 0.25) is 0 Å². The third-order valence-corrected chi connectivity index (χ3v) is 3.44. The number of nitrogens with one attached hydrogen (secondary N) is 1. The van der Waals surface area contributed by atoms with E-state index in [0.717, 1.165) is 11.1 Å². The molecule has 92 valence electrons. The summed E-state index contributed by atoms with van der Waals surface area (Å²) in [4.78, 5) is 4.07. The van der Waals surface area contributed by atoms with E-state index >= 15 is 0 Å². The first-order valence-electron chi connectivity index (χ1n) is 5.82. The quantitative estimate of drug-likeness (QED) is 0.831. The Morgan fingerprint density at radius 2 is 2.00 bits per heavy atom. The van der Waals surface area contributed by atoms with Gasteiger partial charge in [-0.05, 0) is 23.3 Å². The second-order valence-corrected chi connectivity index (χ2v) is 4.55. The lowest BCUT2D eigenvalue weighted by atomic mass is 9.93. The summed E-state index contributed by atoms with van der Waals surface area (Å²) in [6, 6.07) is 6.32. The molecule has 0 saturated carbocycles. The number of nitrogens with zero attached hydrogens (tertiary/aromatic N) is 1. The zero-order valence-corrected chi connectivity index (χ0v) is 9.82. The van der Waals surface area contributed by atoms with Crippen LogP contribution in [-0.4, -0.2) is 4.98 Å². The smallest absolute Gasteiger partial charge is 0.160 e. The van der Waals surface area contributed by atoms with Gasteiger partial charge in [0.05, 0.1) is 6.04 Å². The van der Waals surface area contributed by atoms with Crippen molar-refractivity contribution in [1.82, 2.24) is 4.98 Å². The lowest BCUT2D eigenvalue weighted by Crippen LogP contribution is -2.09. The Morgan fingerprint density at radius 3 is 2.72 bits per heavy atom. The van der Waals surface area contributed by atoms with Gasteiger partial charge in [0.15, 0.2) is 11.6 Å². The minimum absolute atomic E-state index is 0.00917. The minimum Gasteiger partial charge on any atom is -0.377 e. The summed E-state index contributed by atoms with van der Waals surface area (Å²) in [5.41, 5.74) is 2.49. The highest BCUT2D eigenvalue weighted by molar-refractivity contribution is 5.60. The summed E-state index contributed by atoms with van der Waals surface area (Å²) in [7, 11) is 0. The molecule has 1 aromatic carbocycles. The molecule has 1 aromatic heterocycles. The van der Waals surface area contributed by atoms with Crippen LogP contribution in [0, 0.1) is 11.6 Å². The van der Waals surface area contributed by atoms with E-state index in [9.17, 15) is 8.78 Å². The maximum Gasteiger partial charge on any atom is 0.160 e. The first kappa shape index (κ1) is 11.1. The van der Waals surface area contributed by atoms with Gasteiger partial charge in [0.25, 0.3) is 0 Å². The molecule has 2 atom stereocenters. The van der Waals surface area contributed by atoms with E-state index in [2.05, 4.69) is 10.3 Å². The highest BCUT2D eigenvalue weighted by Gasteiger charge is 2.31. The van der Waals surface area contributed by atoms with Crippen molar-refractivity contribution < 1.29 is 8.78 Å². The molecule has 1 aliphatic rings. The highest BCUT2D eigenvalue weighted by atomic mass is 19.2. The summed E-state index contributed by atoms with van der Waals surface area (Å²) < 4.78 is 26.5. The van der Waals surface area contributed by atoms with Gasteiger partial charge in [0, 0.05) is 30.1 Å². The van der Waals surface area contributed by atoms with Gasteiger partial charge >= 0.3 is 0 Å². The zero-order valence-electron chi connectivity index (χ0n) is 9.82. The fourth-order valence-electron chi connectivity index (χ4n) is 2.47. The summed E-state index contributed by atoms with van der Waals surface area (Å²) in [5.74, 6) is -1.53. The van der Waals surface area contributed by atoms with Crippen LogP contribution in [0.4, 0.5) is 14.5 Å². The van der Waals surface area contributed by atoms with Crippen LogP contribution in [0.1, 0.15) is 30.0 Å². The number of hydrogen-bond donors (Lipinski definition) is 1. The van der Waals surface area contributed by atoms with Crippen molar-refractivity contribution in [3.8, 4) is 0 Å². The van der Waals surface area contributed by atoms with Gasteiger partial charge in [-0.3, -0.25) is 4.98 Å². The summed E-state index contributed by atoms with van der Waals surface area (Å²) in [5, 5.41) is 3.22. The molecule has 2 nitrogen and oxygen atoms in total. The highest BCUT2D eigenvalue weighted by Crippen LogP contribution is 2.44. The lowest BCUT2D eigenvalue weighted by molar-refractivity contribution is 0.507. The van der Waals surface area contributed by atoms with Crippen molar-refractivity contribution in [2.24, 2.45) is 0 Å². The van der Waals surface area contributed by atoms with Gasteiger partial charge in [-0.25, -0.2) is 8.78 Å². The second kappa shape index (κ2) is 4.05. The fraction of sp³-hybridized carbons (Fsp3) is 0.214. The predicted octanol–water partition coefficient (Wildman–Crippen LogP) is 3.63. The van der Waals surface area contributed by atoms with Crippen LogP contribution in [0.3, 0.4) is 0 Å². The van der Waals surface area contributed by atoms with Gasteiger partial charge in [0.2, 0.25) is 0 Å². The number of benzene rings is 1. The maximum absolute atomic E-state index is 13.3. The van der Waals surface area contributed by atoms with Crippen LogP contribution < -0.4 is 5.32 Å². The number of pyridine rings is 1. The van der Waals surface area contributed by atoms with Gasteiger partial charge in [-0.1, -0.05) is 13.0 Å². The predicted molar refractivity (Wildman–Crippen MR) is 65.4 cm³/mol. The Bertz CT molecular complexity index is 584. The molecule has 2 heterocycles. The van der Waals surface area contributed by atoms with E-state index in [1.807, 2.05) is 19.1 Å². The third kappa shape index (κ3) is 1.65. The number of anilines is 1. The van der Waals surface area contributed by atoms with Crippen molar-refractivity contribution >= 4 is 5.69 Å². The lowest BCUT2D eigenvalue weighted by Gasteiger charge is -2.16. The topological polar surface area (TPSA) is 24.9 Å². The molecule has 4 heteroatoms. The normalized spacial score (nSPS) is 21.5. The molecule has 2 aromatic rings. The SMILES string of the molecule is CC1c2cc(F)c(F)cc2NC1c1cccnc1. The molecule has 0 spiro atoms. The molecule has 0 fully saturated rings. The van der Waals surface area contributed by atoms with Gasteiger partial charge in [-0.2, -0.15) is 0 Å². The van der Waals surface area contributed by atoms with Crippen molar-refractivity contribution in [2.45, 2.75) is 18.9 Å². The third-order valence-electron chi connectivity index (χ3n) is 3.44. The molecular formula is C14H12F2N2. The average Bonchev–Trinajstić information content (AvgIpc) is 2.69. The van der Waals surface area contributed by atoms with Gasteiger partial charge in [0.1, 0.15) is 0 Å². The van der Waals surface area contributed by atoms with E-state index in [-0.39, 0.29) is 12.0 Å². The van der Waals surface area contributed by atoms with Crippen LogP contribution in [-0.2, 0) is 0 Å². The fourth-order valence-corrected chi connectivity index (χ4v) is 2.47. The molecule has 1 aliphatic heterocycles. The molecule has 18 heavy (non-hydrogen) atoms. The van der Waals surface area contributed by atoms with E-state index in [1.165, 1.54) is 12.1 Å². The Labute approximate surface area is 104 Å². The molecule has 1 N–H and O–H groups in total. The average molecular weight is 246 g/mol. The number of hydrogen-bond acceptors (Lipinski definition) is 2. The van der Waals surface area contributed by atoms with Crippen molar-refractivity contribution in [1.29, 1.82) is 0 Å². The zero-order chi connectivity index (χ0) is 12.7. The van der Waals surface area contributed by atoms with E-state index in [1.54, 1.807) is 12.4 Å². The van der Waals surface area contributed by atoms with Gasteiger partial charge < -0.3 is 5.32 Å². The molecule has 2 unspecified atom stereocenters. The molecule has 0 radical (unpaired) electrons. The monoisotopic (exact) mass is 246 g/mol. The first-order valence-corrected chi connectivity index (χ1v) is 5.82. The molecule has 0 amide bonds. The number of halogens is 2. The number of aromatic nitrogens is 1. The Kier molecular flexibility index (Phi) is 2.51. The summed E-state index contributed by atoms with van der Waals surface area (Å²) in [6.45, 7) is 1.99. The number of rotatable bonds is 1. The number of fused-ring (bicyclic) bond motifs is 1. The second-order valence-electron chi connectivity index (χ2n) is 4.55. The summed E-state index contributed by atoms with van der Waals surface area (Å²) in [6.07, 6.45) is 3.47. The Morgan fingerprint density at radius 1 is 1.22 bits per heavy atom. The minimum atomic E-state index is -0.819. The Balaban J connectivity index is 2.01. The van der Waals surface area contributed by atoms with Crippen molar-refractivity contribution in [2.75, 3.05) is 5.32 Å². The van der Waals surface area contributed by atoms with E-state index < -0.39 is 11.6 Å². The van der Waals surface area contributed by atoms with Crippen LogP contribution in [0.15, 0.2) is 36.7 Å². The standard InChI is InChI=1S/C14H12F2N2/c1-8-10-5-11(15)12(16)6-13(10)18-14(8)9-3-2-4-17-7-9/h2-8,14,18H,1H3. The Hall–Kier alpha value is -1.97. The largest absolute Gasteiger partial charge is 0.377 e. The van der Waals surface area contributed by atoms with E-state index in [4.69, 9.17) is 0 Å². The molecule has 0 saturated heterocycles. The molecule has 3 rings (SSSR count). The maximum atomic E-state index is 13.3. The van der Waals surface area contributed by atoms with Crippen molar-refractivity contribution in [3.05, 3.63) is 59.4 Å². The van der Waals surface area contributed by atoms with E-state index in [0.29, 0.717) is 5.69 Å².